The summed E-state index contributed by atoms with van der Waals surface area (Å²) in [5.74, 6) is -1.55. The molecule has 0 spiro atoms. The first-order valence-electron chi connectivity index (χ1n) is 6.76. The van der Waals surface area contributed by atoms with Gasteiger partial charge in [0.2, 0.25) is 10.0 Å². The van der Waals surface area contributed by atoms with E-state index < -0.39 is 26.7 Å². The normalized spacial score (nSPS) is 14.9. The molecule has 0 unspecified atom stereocenters. The molecule has 0 saturated heterocycles. The number of hydrogen-bond donors (Lipinski definition) is 1. The first-order chi connectivity index (χ1) is 11.3. The van der Waals surface area contributed by atoms with Crippen molar-refractivity contribution in [2.45, 2.75) is 4.90 Å². The Morgan fingerprint density at radius 2 is 1.88 bits per heavy atom. The van der Waals surface area contributed by atoms with Crippen LogP contribution in [0.5, 0.6) is 0 Å². The van der Waals surface area contributed by atoms with Gasteiger partial charge in [0.1, 0.15) is 17.3 Å². The third kappa shape index (κ3) is 3.06. The summed E-state index contributed by atoms with van der Waals surface area (Å²) in [6, 6.07) is 10.1. The average molecular weight is 368 g/mol. The van der Waals surface area contributed by atoms with Crippen molar-refractivity contribution in [2.24, 2.45) is 5.14 Å². The monoisotopic (exact) mass is 367 g/mol. The molecule has 5 nitrogen and oxygen atoms in total. The van der Waals surface area contributed by atoms with Gasteiger partial charge in [-0.3, -0.25) is 0 Å². The van der Waals surface area contributed by atoms with Gasteiger partial charge in [-0.05, 0) is 35.4 Å². The fraction of sp³-hybridized carbons (Fsp3) is 0.0625. The molecule has 1 heterocycles. The maximum Gasteiger partial charge on any atom is 0.339 e. The molecular weight excluding hydrogens is 357 g/mol. The van der Waals surface area contributed by atoms with Crippen LogP contribution in [0, 0.1) is 5.82 Å². The average Bonchev–Trinajstić information content (AvgIpc) is 2.87. The maximum atomic E-state index is 14.1. The molecule has 24 heavy (non-hydrogen) atoms. The highest BCUT2D eigenvalue weighted by Gasteiger charge is 2.28. The number of hydrogen-bond acceptors (Lipinski definition) is 4. The largest absolute Gasteiger partial charge is 0.457 e. The van der Waals surface area contributed by atoms with Crippen molar-refractivity contribution in [3.63, 3.8) is 0 Å². The van der Waals surface area contributed by atoms with Crippen molar-refractivity contribution < 1.29 is 22.3 Å². The van der Waals surface area contributed by atoms with E-state index in [0.29, 0.717) is 21.7 Å². The second kappa shape index (κ2) is 6.01. The molecule has 2 N–H and O–H groups in total. The Kier molecular flexibility index (Phi) is 4.16. The van der Waals surface area contributed by atoms with Gasteiger partial charge in [0.15, 0.2) is 0 Å². The van der Waals surface area contributed by atoms with E-state index in [4.69, 9.17) is 21.5 Å². The van der Waals surface area contributed by atoms with Crippen LogP contribution >= 0.6 is 11.6 Å². The zero-order valence-corrected chi connectivity index (χ0v) is 13.7. The van der Waals surface area contributed by atoms with Crippen LogP contribution in [-0.4, -0.2) is 21.0 Å². The summed E-state index contributed by atoms with van der Waals surface area (Å²) in [5.41, 5.74) is 1.58. The highest BCUT2D eigenvalue weighted by Crippen LogP contribution is 2.34. The number of carbonyl (C=O) groups is 1. The standard InChI is InChI=1S/C16H11ClFNO4S/c17-11-3-1-2-10(6-11)15-12(8-23-16(15)20)9-4-5-14(13(18)7-9)24(19,21)22/h1-7H,8H2,(H2,19,21,22). The predicted octanol–water partition coefficient (Wildman–Crippen LogP) is 2.59. The number of halogens is 2. The molecule has 2 aromatic rings. The Morgan fingerprint density at radius 3 is 2.50 bits per heavy atom. The molecule has 124 valence electrons. The number of cyclic esters (lactones) is 1. The number of carbonyl (C=O) groups excluding carboxylic acids is 1. The van der Waals surface area contributed by atoms with Gasteiger partial charge < -0.3 is 4.74 Å². The third-order valence-corrected chi connectivity index (χ3v) is 4.73. The molecule has 0 saturated carbocycles. The van der Waals surface area contributed by atoms with Crippen molar-refractivity contribution in [3.05, 3.63) is 64.4 Å². The molecule has 1 aliphatic rings. The van der Waals surface area contributed by atoms with E-state index in [1.807, 2.05) is 0 Å². The number of rotatable bonds is 3. The van der Waals surface area contributed by atoms with E-state index in [1.54, 1.807) is 24.3 Å². The van der Waals surface area contributed by atoms with Gasteiger partial charge in [0.05, 0.1) is 5.57 Å². The number of benzene rings is 2. The topological polar surface area (TPSA) is 86.5 Å². The number of esters is 1. The number of sulfonamides is 1. The van der Waals surface area contributed by atoms with E-state index in [0.717, 1.165) is 12.1 Å². The minimum absolute atomic E-state index is 0.0468. The van der Waals surface area contributed by atoms with E-state index in [-0.39, 0.29) is 12.2 Å². The van der Waals surface area contributed by atoms with Gasteiger partial charge >= 0.3 is 5.97 Å². The zero-order chi connectivity index (χ0) is 17.5. The Balaban J connectivity index is 2.16. The first kappa shape index (κ1) is 16.6. The highest BCUT2D eigenvalue weighted by molar-refractivity contribution is 7.89. The third-order valence-electron chi connectivity index (χ3n) is 3.55. The highest BCUT2D eigenvalue weighted by atomic mass is 35.5. The molecule has 0 amide bonds. The summed E-state index contributed by atoms with van der Waals surface area (Å²) in [4.78, 5) is 11.4. The second-order valence-corrected chi connectivity index (χ2v) is 7.10. The van der Waals surface area contributed by atoms with Crippen molar-refractivity contribution in [1.29, 1.82) is 0 Å². The Labute approximate surface area is 142 Å². The van der Waals surface area contributed by atoms with Crippen LogP contribution < -0.4 is 5.14 Å². The Morgan fingerprint density at radius 1 is 1.12 bits per heavy atom. The quantitative estimate of drug-likeness (QED) is 0.845. The van der Waals surface area contributed by atoms with Gasteiger partial charge in [0.25, 0.3) is 0 Å². The van der Waals surface area contributed by atoms with Crippen molar-refractivity contribution >= 4 is 38.7 Å². The molecule has 0 atom stereocenters. The van der Waals surface area contributed by atoms with Crippen LogP contribution in [-0.2, 0) is 19.6 Å². The van der Waals surface area contributed by atoms with Crippen LogP contribution in [0.2, 0.25) is 5.02 Å². The van der Waals surface area contributed by atoms with Crippen LogP contribution in [0.3, 0.4) is 0 Å². The molecule has 3 rings (SSSR count). The fourth-order valence-corrected chi connectivity index (χ4v) is 3.27. The number of primary sulfonamides is 1. The van der Waals surface area contributed by atoms with Crippen molar-refractivity contribution in [2.75, 3.05) is 6.61 Å². The molecule has 0 bridgehead atoms. The predicted molar refractivity (Wildman–Crippen MR) is 87.0 cm³/mol. The summed E-state index contributed by atoms with van der Waals surface area (Å²) < 4.78 is 41.7. The molecule has 0 aliphatic carbocycles. The van der Waals surface area contributed by atoms with Crippen molar-refractivity contribution in [3.8, 4) is 0 Å². The van der Waals surface area contributed by atoms with E-state index in [1.165, 1.54) is 6.07 Å². The van der Waals surface area contributed by atoms with Gasteiger partial charge in [-0.15, -0.1) is 0 Å². The minimum Gasteiger partial charge on any atom is -0.457 e. The molecule has 0 radical (unpaired) electrons. The molecule has 0 fully saturated rings. The summed E-state index contributed by atoms with van der Waals surface area (Å²) in [7, 11) is -4.16. The molecule has 2 aromatic carbocycles. The van der Waals surface area contributed by atoms with Gasteiger partial charge in [-0.25, -0.2) is 22.7 Å². The summed E-state index contributed by atoms with van der Waals surface area (Å²) in [6.45, 7) is -0.0468. The second-order valence-electron chi connectivity index (χ2n) is 5.13. The number of nitrogens with two attached hydrogens (primary N) is 1. The van der Waals surface area contributed by atoms with Gasteiger partial charge in [-0.1, -0.05) is 29.8 Å². The Bertz CT molecular complexity index is 985. The lowest BCUT2D eigenvalue weighted by Gasteiger charge is -2.07. The smallest absolute Gasteiger partial charge is 0.339 e. The van der Waals surface area contributed by atoms with Gasteiger partial charge in [-0.2, -0.15) is 0 Å². The van der Waals surface area contributed by atoms with Gasteiger partial charge in [0, 0.05) is 10.6 Å². The maximum absolute atomic E-state index is 14.1. The van der Waals surface area contributed by atoms with Crippen molar-refractivity contribution in [1.82, 2.24) is 0 Å². The minimum atomic E-state index is -4.16. The van der Waals surface area contributed by atoms with E-state index in [9.17, 15) is 17.6 Å². The summed E-state index contributed by atoms with van der Waals surface area (Å²) in [6.07, 6.45) is 0. The van der Waals surface area contributed by atoms with E-state index >= 15 is 0 Å². The summed E-state index contributed by atoms with van der Waals surface area (Å²) >= 11 is 5.95. The van der Waals surface area contributed by atoms with E-state index in [2.05, 4.69) is 0 Å². The lowest BCUT2D eigenvalue weighted by atomic mass is 9.97. The molecule has 0 aromatic heterocycles. The lowest BCUT2D eigenvalue weighted by Crippen LogP contribution is -2.14. The molecule has 1 aliphatic heterocycles. The van der Waals surface area contributed by atoms with Crippen LogP contribution in [0.1, 0.15) is 11.1 Å². The van der Waals surface area contributed by atoms with Crippen LogP contribution in [0.4, 0.5) is 4.39 Å². The lowest BCUT2D eigenvalue weighted by molar-refractivity contribution is -0.133. The molecular formula is C16H11ClFNO4S. The zero-order valence-electron chi connectivity index (χ0n) is 12.1. The van der Waals surface area contributed by atoms with Crippen LogP contribution in [0.25, 0.3) is 11.1 Å². The first-order valence-corrected chi connectivity index (χ1v) is 8.69. The SMILES string of the molecule is NS(=O)(=O)c1ccc(C2=C(c3cccc(Cl)c3)C(=O)OC2)cc1F. The van der Waals surface area contributed by atoms with Crippen LogP contribution in [0.15, 0.2) is 47.4 Å². The summed E-state index contributed by atoms with van der Waals surface area (Å²) in [5, 5.41) is 5.38. The number of ether oxygens (including phenoxy) is 1. The fourth-order valence-electron chi connectivity index (χ4n) is 2.49. The molecule has 8 heteroatoms. The Hall–Kier alpha value is -2.22.